The van der Waals surface area contributed by atoms with Gasteiger partial charge in [0.1, 0.15) is 18.4 Å². The Morgan fingerprint density at radius 1 is 1.05 bits per heavy atom. The van der Waals surface area contributed by atoms with Crippen LogP contribution in [-0.2, 0) is 16.0 Å². The summed E-state index contributed by atoms with van der Waals surface area (Å²) in [6.07, 6.45) is 6.30. The van der Waals surface area contributed by atoms with Crippen LogP contribution in [0.15, 0.2) is 46.9 Å². The van der Waals surface area contributed by atoms with Crippen LogP contribution in [0.2, 0.25) is 0 Å². The van der Waals surface area contributed by atoms with Gasteiger partial charge in [-0.05, 0) is 66.5 Å². The number of benzene rings is 2. The van der Waals surface area contributed by atoms with E-state index in [1.807, 2.05) is 4.90 Å². The van der Waals surface area contributed by atoms with Gasteiger partial charge < -0.3 is 19.4 Å². The molecule has 2 unspecified atom stereocenters. The van der Waals surface area contributed by atoms with Gasteiger partial charge in [0.2, 0.25) is 0 Å². The third kappa shape index (κ3) is 4.74. The van der Waals surface area contributed by atoms with Crippen LogP contribution in [0.1, 0.15) is 55.0 Å². The van der Waals surface area contributed by atoms with Gasteiger partial charge in [0.05, 0.1) is 19.3 Å². The Morgan fingerprint density at radius 3 is 2.60 bits per heavy atom. The summed E-state index contributed by atoms with van der Waals surface area (Å²) in [6, 6.07) is 14.5. The number of hydrogen-bond acceptors (Lipinski definition) is 5. The monoisotopic (exact) mass is 622 g/mol. The summed E-state index contributed by atoms with van der Waals surface area (Å²) < 4.78 is 12.6. The molecule has 7 nitrogen and oxygen atoms in total. The Labute approximate surface area is 248 Å². The number of carbonyl (C=O) groups excluding carboxylic acids is 1. The van der Waals surface area contributed by atoms with Gasteiger partial charge in [0.15, 0.2) is 5.11 Å². The van der Waals surface area contributed by atoms with Crippen LogP contribution in [-0.4, -0.2) is 82.2 Å². The molecule has 9 heteroatoms. The Balaban J connectivity index is 1.20. The van der Waals surface area contributed by atoms with Crippen molar-refractivity contribution in [3.63, 3.8) is 0 Å². The van der Waals surface area contributed by atoms with Crippen molar-refractivity contribution >= 4 is 50.1 Å². The highest BCUT2D eigenvalue weighted by Crippen LogP contribution is 2.45. The van der Waals surface area contributed by atoms with Crippen molar-refractivity contribution in [2.24, 2.45) is 0 Å². The molecule has 4 heterocycles. The maximum Gasteiger partial charge on any atom is 0.252 e. The lowest BCUT2D eigenvalue weighted by molar-refractivity contribution is -0.130. The van der Waals surface area contributed by atoms with Crippen molar-refractivity contribution in [3.8, 4) is 5.75 Å². The average molecular weight is 624 g/mol. The molecule has 2 atom stereocenters. The number of fused-ring (bicyclic) bond motifs is 4. The fourth-order valence-corrected chi connectivity index (χ4v) is 7.83. The summed E-state index contributed by atoms with van der Waals surface area (Å²) in [5, 5.41) is 1.86. The minimum absolute atomic E-state index is 0.160. The van der Waals surface area contributed by atoms with Gasteiger partial charge in [-0.15, -0.1) is 0 Å². The number of H-pyrrole nitrogens is 1. The Bertz CT molecular complexity index is 1410. The number of morpholine rings is 1. The molecule has 1 amide bonds. The van der Waals surface area contributed by atoms with Crippen molar-refractivity contribution in [1.29, 1.82) is 0 Å². The van der Waals surface area contributed by atoms with E-state index in [1.54, 1.807) is 0 Å². The average Bonchev–Trinajstić information content (AvgIpc) is 3.47. The summed E-state index contributed by atoms with van der Waals surface area (Å²) >= 11 is 9.78. The van der Waals surface area contributed by atoms with Crippen molar-refractivity contribution in [1.82, 2.24) is 19.7 Å². The van der Waals surface area contributed by atoms with Crippen molar-refractivity contribution in [3.05, 3.63) is 63.8 Å². The second-order valence-corrected chi connectivity index (χ2v) is 12.7. The molecule has 1 aromatic heterocycles. The molecule has 1 aliphatic carbocycles. The lowest BCUT2D eigenvalue weighted by Gasteiger charge is -2.38. The third-order valence-electron chi connectivity index (χ3n) is 9.05. The van der Waals surface area contributed by atoms with E-state index in [1.165, 1.54) is 17.4 Å². The Kier molecular flexibility index (Phi) is 7.32. The van der Waals surface area contributed by atoms with Crippen molar-refractivity contribution in [2.45, 2.75) is 56.7 Å². The van der Waals surface area contributed by atoms with Gasteiger partial charge in [-0.1, -0.05) is 47.3 Å². The molecule has 1 saturated carbocycles. The summed E-state index contributed by atoms with van der Waals surface area (Å²) in [5.74, 6) is 1.02. The van der Waals surface area contributed by atoms with Crippen LogP contribution in [0, 0.1) is 0 Å². The first-order valence-electron chi connectivity index (χ1n) is 14.6. The number of aromatic nitrogens is 1. The number of aromatic amines is 1. The number of ether oxygens (including phenoxy) is 2. The van der Waals surface area contributed by atoms with E-state index in [9.17, 15) is 4.79 Å². The Morgan fingerprint density at radius 2 is 1.82 bits per heavy atom. The zero-order valence-corrected chi connectivity index (χ0v) is 25.0. The topological polar surface area (TPSA) is 61.0 Å². The number of hydrogen-bond donors (Lipinski definition) is 1. The zero-order chi connectivity index (χ0) is 27.2. The molecule has 7 rings (SSSR count). The summed E-state index contributed by atoms with van der Waals surface area (Å²) in [7, 11) is 0. The van der Waals surface area contributed by atoms with E-state index in [2.05, 4.69) is 73.2 Å². The molecule has 0 spiro atoms. The molecule has 2 aromatic carbocycles. The van der Waals surface area contributed by atoms with Crippen LogP contribution < -0.4 is 4.74 Å². The maximum absolute atomic E-state index is 14.0. The summed E-state index contributed by atoms with van der Waals surface area (Å²) in [6.45, 7) is 5.05. The normalized spacial score (nSPS) is 24.0. The third-order valence-corrected chi connectivity index (χ3v) is 9.95. The lowest BCUT2D eigenvalue weighted by Crippen LogP contribution is -2.44. The van der Waals surface area contributed by atoms with Gasteiger partial charge in [0.25, 0.3) is 5.91 Å². The van der Waals surface area contributed by atoms with E-state index in [0.717, 1.165) is 85.5 Å². The van der Waals surface area contributed by atoms with E-state index in [4.69, 9.17) is 21.7 Å². The molecule has 40 heavy (non-hydrogen) atoms. The molecule has 3 aromatic rings. The van der Waals surface area contributed by atoms with Gasteiger partial charge >= 0.3 is 0 Å². The predicted octanol–water partition coefficient (Wildman–Crippen LogP) is 5.42. The molecule has 3 aliphatic heterocycles. The first-order chi connectivity index (χ1) is 19.6. The molecule has 2 saturated heterocycles. The summed E-state index contributed by atoms with van der Waals surface area (Å²) in [4.78, 5) is 24.3. The molecule has 1 N–H and O–H groups in total. The highest BCUT2D eigenvalue weighted by atomic mass is 79.9. The number of carbonyl (C=O) groups is 1. The van der Waals surface area contributed by atoms with Gasteiger partial charge in [-0.3, -0.25) is 14.6 Å². The van der Waals surface area contributed by atoms with Gasteiger partial charge in [-0.2, -0.15) is 0 Å². The van der Waals surface area contributed by atoms with E-state index < -0.39 is 0 Å². The molecular weight excluding hydrogens is 588 g/mol. The molecule has 3 fully saturated rings. The first kappa shape index (κ1) is 26.4. The SMILES string of the molecule is O=C1C2Cc3c([nH]c4ccc(Br)cc34)C(c3ccc(OCCN4CCOCC4)cc3)N2C(=S)N1C1CCCCC1. The number of rotatable bonds is 6. The number of thiocarbonyl (C=S) groups is 1. The second-order valence-electron chi connectivity index (χ2n) is 11.4. The van der Waals surface area contributed by atoms with E-state index in [-0.39, 0.29) is 24.0 Å². The largest absolute Gasteiger partial charge is 0.492 e. The molecule has 0 radical (unpaired) electrons. The zero-order valence-electron chi connectivity index (χ0n) is 22.6. The van der Waals surface area contributed by atoms with Crippen molar-refractivity contribution in [2.75, 3.05) is 39.5 Å². The van der Waals surface area contributed by atoms with Gasteiger partial charge in [-0.25, -0.2) is 0 Å². The predicted molar refractivity (Wildman–Crippen MR) is 163 cm³/mol. The Hall–Kier alpha value is -2.46. The van der Waals surface area contributed by atoms with Crippen LogP contribution in [0.3, 0.4) is 0 Å². The number of halogens is 1. The fourth-order valence-electron chi connectivity index (χ4n) is 7.00. The first-order valence-corrected chi connectivity index (χ1v) is 15.8. The van der Waals surface area contributed by atoms with Crippen molar-refractivity contribution < 1.29 is 14.3 Å². The summed E-state index contributed by atoms with van der Waals surface area (Å²) in [5.41, 5.74) is 4.55. The minimum atomic E-state index is -0.283. The van der Waals surface area contributed by atoms with E-state index in [0.29, 0.717) is 18.1 Å². The van der Waals surface area contributed by atoms with Crippen LogP contribution >= 0.6 is 28.1 Å². The van der Waals surface area contributed by atoms with E-state index >= 15 is 0 Å². The van der Waals surface area contributed by atoms with Crippen LogP contribution in [0.4, 0.5) is 0 Å². The highest BCUT2D eigenvalue weighted by molar-refractivity contribution is 9.10. The standard InChI is InChI=1S/C31H35BrN4O3S/c32-21-8-11-26-24(18-21)25-19-27-30(37)35(22-4-2-1-3-5-22)31(40)36(27)29(28(25)33-26)20-6-9-23(10-7-20)39-17-14-34-12-15-38-16-13-34/h6-11,18,22,27,29,33H,1-5,12-17,19H2. The minimum Gasteiger partial charge on any atom is -0.492 e. The quantitative estimate of drug-likeness (QED) is 0.371. The highest BCUT2D eigenvalue weighted by Gasteiger charge is 2.52. The fraction of sp³-hybridized carbons (Fsp3) is 0.484. The maximum atomic E-state index is 14.0. The van der Waals surface area contributed by atoms with Gasteiger partial charge in [0, 0.05) is 53.2 Å². The molecular formula is C31H35BrN4O3S. The molecule has 0 bridgehead atoms. The molecule has 4 aliphatic rings. The van der Waals surface area contributed by atoms with Crippen LogP contribution in [0.5, 0.6) is 5.75 Å². The second kappa shape index (κ2) is 11.1. The smallest absolute Gasteiger partial charge is 0.252 e. The lowest BCUT2D eigenvalue weighted by atomic mass is 9.88. The number of nitrogens with one attached hydrogen (secondary N) is 1. The molecule has 210 valence electrons. The number of nitrogens with zero attached hydrogens (tertiary/aromatic N) is 3. The number of amides is 1. The van der Waals surface area contributed by atoms with Crippen LogP contribution in [0.25, 0.3) is 10.9 Å².